The standard InChI is InChI=1S/C14H22BrN/c1-2-3-4-5-6-7-14(15)12-13-8-10-16-11-9-13/h8-11,14H,2-7,12H2,1H3. The molecule has 0 amide bonds. The predicted octanol–water partition coefficient (Wildman–Crippen LogP) is 4.75. The fourth-order valence-electron chi connectivity index (χ4n) is 1.85. The topological polar surface area (TPSA) is 12.9 Å². The third-order valence-electron chi connectivity index (χ3n) is 2.83. The lowest BCUT2D eigenvalue weighted by Crippen LogP contribution is -2.02. The van der Waals surface area contributed by atoms with Crippen LogP contribution in [0, 0.1) is 0 Å². The Hall–Kier alpha value is -0.370. The minimum Gasteiger partial charge on any atom is -0.265 e. The number of alkyl halides is 1. The summed E-state index contributed by atoms with van der Waals surface area (Å²) in [7, 11) is 0. The van der Waals surface area contributed by atoms with Gasteiger partial charge in [-0.3, -0.25) is 4.98 Å². The van der Waals surface area contributed by atoms with Gasteiger partial charge in [-0.25, -0.2) is 0 Å². The summed E-state index contributed by atoms with van der Waals surface area (Å²) in [6.07, 6.45) is 13.0. The largest absolute Gasteiger partial charge is 0.265 e. The van der Waals surface area contributed by atoms with E-state index in [0.717, 1.165) is 6.42 Å². The van der Waals surface area contributed by atoms with Gasteiger partial charge >= 0.3 is 0 Å². The van der Waals surface area contributed by atoms with Crippen molar-refractivity contribution in [2.75, 3.05) is 0 Å². The van der Waals surface area contributed by atoms with Gasteiger partial charge in [0.15, 0.2) is 0 Å². The summed E-state index contributed by atoms with van der Waals surface area (Å²) in [5, 5.41) is 0. The predicted molar refractivity (Wildman–Crippen MR) is 74.0 cm³/mol. The van der Waals surface area contributed by atoms with Gasteiger partial charge in [-0.15, -0.1) is 0 Å². The summed E-state index contributed by atoms with van der Waals surface area (Å²) >= 11 is 3.76. The van der Waals surface area contributed by atoms with E-state index in [1.807, 2.05) is 12.4 Å². The van der Waals surface area contributed by atoms with Gasteiger partial charge in [-0.1, -0.05) is 55.0 Å². The Labute approximate surface area is 108 Å². The van der Waals surface area contributed by atoms with E-state index < -0.39 is 0 Å². The van der Waals surface area contributed by atoms with E-state index >= 15 is 0 Å². The minimum atomic E-state index is 0.622. The monoisotopic (exact) mass is 283 g/mol. The second kappa shape index (κ2) is 8.74. The molecule has 0 radical (unpaired) electrons. The third-order valence-corrected chi connectivity index (χ3v) is 3.61. The van der Waals surface area contributed by atoms with Gasteiger partial charge in [0.25, 0.3) is 0 Å². The number of aromatic nitrogens is 1. The summed E-state index contributed by atoms with van der Waals surface area (Å²) in [4.78, 5) is 4.66. The van der Waals surface area contributed by atoms with Crippen LogP contribution in [0.15, 0.2) is 24.5 Å². The number of halogens is 1. The molecule has 0 aliphatic heterocycles. The number of unbranched alkanes of at least 4 members (excludes halogenated alkanes) is 4. The maximum Gasteiger partial charge on any atom is 0.0270 e. The molecule has 0 fully saturated rings. The fourth-order valence-corrected chi connectivity index (χ4v) is 2.54. The van der Waals surface area contributed by atoms with E-state index in [4.69, 9.17) is 0 Å². The van der Waals surface area contributed by atoms with Gasteiger partial charge in [-0.2, -0.15) is 0 Å². The Morgan fingerprint density at radius 1 is 1.12 bits per heavy atom. The summed E-state index contributed by atoms with van der Waals surface area (Å²) in [5.41, 5.74) is 1.38. The van der Waals surface area contributed by atoms with Crippen LogP contribution in [0.5, 0.6) is 0 Å². The van der Waals surface area contributed by atoms with Crippen LogP contribution in [0.2, 0.25) is 0 Å². The highest BCUT2D eigenvalue weighted by Crippen LogP contribution is 2.16. The van der Waals surface area contributed by atoms with Crippen LogP contribution < -0.4 is 0 Å². The van der Waals surface area contributed by atoms with Crippen LogP contribution in [0.3, 0.4) is 0 Å². The van der Waals surface area contributed by atoms with Crippen LogP contribution in [-0.2, 0) is 6.42 Å². The number of hydrogen-bond donors (Lipinski definition) is 0. The zero-order valence-corrected chi connectivity index (χ0v) is 11.7. The fraction of sp³-hybridized carbons (Fsp3) is 0.643. The van der Waals surface area contributed by atoms with Crippen LogP contribution in [0.4, 0.5) is 0 Å². The molecule has 1 unspecified atom stereocenters. The number of rotatable bonds is 8. The molecule has 1 aromatic heterocycles. The molecule has 0 saturated heterocycles. The molecule has 1 aromatic rings. The molecule has 1 heterocycles. The molecule has 0 bridgehead atoms. The van der Waals surface area contributed by atoms with Crippen LogP contribution in [0.1, 0.15) is 51.0 Å². The van der Waals surface area contributed by atoms with Crippen molar-refractivity contribution >= 4 is 15.9 Å². The molecule has 0 spiro atoms. The highest BCUT2D eigenvalue weighted by Gasteiger charge is 2.04. The molecule has 90 valence electrons. The zero-order valence-electron chi connectivity index (χ0n) is 10.2. The van der Waals surface area contributed by atoms with Crippen molar-refractivity contribution in [2.45, 2.75) is 56.7 Å². The molecule has 16 heavy (non-hydrogen) atoms. The Morgan fingerprint density at radius 2 is 1.81 bits per heavy atom. The van der Waals surface area contributed by atoms with Crippen molar-refractivity contribution in [2.24, 2.45) is 0 Å². The molecular formula is C14H22BrN. The van der Waals surface area contributed by atoms with Crippen LogP contribution >= 0.6 is 15.9 Å². The summed E-state index contributed by atoms with van der Waals surface area (Å²) in [5.74, 6) is 0. The molecule has 2 heteroatoms. The minimum absolute atomic E-state index is 0.622. The maximum absolute atomic E-state index is 4.03. The van der Waals surface area contributed by atoms with Crippen molar-refractivity contribution in [1.29, 1.82) is 0 Å². The lowest BCUT2D eigenvalue weighted by Gasteiger charge is -2.09. The summed E-state index contributed by atoms with van der Waals surface area (Å²) in [6, 6.07) is 4.21. The highest BCUT2D eigenvalue weighted by molar-refractivity contribution is 9.09. The zero-order chi connectivity index (χ0) is 11.6. The average Bonchev–Trinajstić information content (AvgIpc) is 2.30. The second-order valence-electron chi connectivity index (χ2n) is 4.36. The number of nitrogens with zero attached hydrogens (tertiary/aromatic N) is 1. The Bertz CT molecular complexity index is 261. The van der Waals surface area contributed by atoms with Gasteiger partial charge in [-0.05, 0) is 30.5 Å². The van der Waals surface area contributed by atoms with Crippen molar-refractivity contribution in [1.82, 2.24) is 4.98 Å². The quantitative estimate of drug-likeness (QED) is 0.496. The molecule has 0 aliphatic rings. The van der Waals surface area contributed by atoms with E-state index in [1.54, 1.807) is 0 Å². The van der Waals surface area contributed by atoms with Gasteiger partial charge in [0.1, 0.15) is 0 Å². The number of hydrogen-bond acceptors (Lipinski definition) is 1. The maximum atomic E-state index is 4.03. The van der Waals surface area contributed by atoms with Gasteiger partial charge in [0, 0.05) is 17.2 Å². The van der Waals surface area contributed by atoms with E-state index in [-0.39, 0.29) is 0 Å². The van der Waals surface area contributed by atoms with Gasteiger partial charge < -0.3 is 0 Å². The molecule has 0 aliphatic carbocycles. The molecular weight excluding hydrogens is 262 g/mol. The van der Waals surface area contributed by atoms with Gasteiger partial charge in [0.05, 0.1) is 0 Å². The second-order valence-corrected chi connectivity index (χ2v) is 5.65. The van der Waals surface area contributed by atoms with E-state index in [2.05, 4.69) is 40.0 Å². The first-order chi connectivity index (χ1) is 7.83. The lowest BCUT2D eigenvalue weighted by molar-refractivity contribution is 0.598. The molecule has 0 saturated carbocycles. The third kappa shape index (κ3) is 6.26. The van der Waals surface area contributed by atoms with E-state index in [9.17, 15) is 0 Å². The molecule has 1 rings (SSSR count). The first-order valence-electron chi connectivity index (χ1n) is 6.36. The summed E-state index contributed by atoms with van der Waals surface area (Å²) < 4.78 is 0. The molecule has 1 atom stereocenters. The number of pyridine rings is 1. The van der Waals surface area contributed by atoms with Crippen LogP contribution in [-0.4, -0.2) is 9.81 Å². The summed E-state index contributed by atoms with van der Waals surface area (Å²) in [6.45, 7) is 2.26. The van der Waals surface area contributed by atoms with E-state index in [1.165, 1.54) is 44.1 Å². The van der Waals surface area contributed by atoms with Crippen molar-refractivity contribution < 1.29 is 0 Å². The van der Waals surface area contributed by atoms with Crippen molar-refractivity contribution in [3.63, 3.8) is 0 Å². The molecule has 0 N–H and O–H groups in total. The first kappa shape index (κ1) is 13.7. The molecule has 1 nitrogen and oxygen atoms in total. The first-order valence-corrected chi connectivity index (χ1v) is 7.27. The average molecular weight is 284 g/mol. The van der Waals surface area contributed by atoms with Crippen molar-refractivity contribution in [3.05, 3.63) is 30.1 Å². The Morgan fingerprint density at radius 3 is 2.50 bits per heavy atom. The van der Waals surface area contributed by atoms with Crippen molar-refractivity contribution in [3.8, 4) is 0 Å². The molecule has 0 aromatic carbocycles. The highest BCUT2D eigenvalue weighted by atomic mass is 79.9. The van der Waals surface area contributed by atoms with Crippen LogP contribution in [0.25, 0.3) is 0 Å². The SMILES string of the molecule is CCCCCCCC(Br)Cc1ccncc1. The Kier molecular flexibility index (Phi) is 7.48. The smallest absolute Gasteiger partial charge is 0.0270 e. The lowest BCUT2D eigenvalue weighted by atomic mass is 10.1. The Balaban J connectivity index is 2.09. The van der Waals surface area contributed by atoms with Gasteiger partial charge in [0.2, 0.25) is 0 Å². The van der Waals surface area contributed by atoms with E-state index in [0.29, 0.717) is 4.83 Å². The normalized spacial score (nSPS) is 12.6.